The second-order valence-electron chi connectivity index (χ2n) is 4.15. The average Bonchev–Trinajstić information content (AvgIpc) is 2.35. The van der Waals surface area contributed by atoms with E-state index in [-0.39, 0.29) is 0 Å². The first-order chi connectivity index (χ1) is 8.45. The summed E-state index contributed by atoms with van der Waals surface area (Å²) in [5.74, 6) is 0.452. The van der Waals surface area contributed by atoms with Crippen molar-refractivity contribution in [2.24, 2.45) is 0 Å². The van der Waals surface area contributed by atoms with Crippen LogP contribution in [-0.2, 0) is 4.79 Å². The Labute approximate surface area is 111 Å². The van der Waals surface area contributed by atoms with Crippen LogP contribution in [0.2, 0.25) is 0 Å². The summed E-state index contributed by atoms with van der Waals surface area (Å²) < 4.78 is 4.66. The summed E-state index contributed by atoms with van der Waals surface area (Å²) in [4.78, 5) is 10.9. The highest BCUT2D eigenvalue weighted by atomic mass is 32.2. The van der Waals surface area contributed by atoms with E-state index in [2.05, 4.69) is 0 Å². The summed E-state index contributed by atoms with van der Waals surface area (Å²) in [6.45, 7) is 3.77. The number of ether oxygens (including phenoxy) is 1. The lowest BCUT2D eigenvalue weighted by Gasteiger charge is -2.18. The predicted molar refractivity (Wildman–Crippen MR) is 70.8 cm³/mol. The third-order valence-electron chi connectivity index (χ3n) is 2.31. The molecule has 1 aromatic carbocycles. The summed E-state index contributed by atoms with van der Waals surface area (Å²) in [5, 5.41) is 17.6. The first-order valence-electron chi connectivity index (χ1n) is 5.46. The number of aliphatic carboxylic acids is 1. The second kappa shape index (κ2) is 6.31. The maximum absolute atomic E-state index is 10.9. The molecule has 0 aromatic heterocycles. The third-order valence-corrected chi connectivity index (χ3v) is 3.58. The van der Waals surface area contributed by atoms with E-state index in [4.69, 9.17) is 15.1 Å². The fraction of sp³-hybridized carbons (Fsp3) is 0.385. The number of nitriles is 1. The lowest BCUT2D eigenvalue weighted by Crippen LogP contribution is -2.28. The number of hydrogen-bond acceptors (Lipinski definition) is 4. The van der Waals surface area contributed by atoms with Crippen molar-refractivity contribution in [3.8, 4) is 11.8 Å². The number of benzene rings is 1. The summed E-state index contributed by atoms with van der Waals surface area (Å²) in [6, 6.07) is 8.85. The zero-order valence-electron chi connectivity index (χ0n) is 10.3. The van der Waals surface area contributed by atoms with Crippen molar-refractivity contribution in [1.82, 2.24) is 0 Å². The molecule has 18 heavy (non-hydrogen) atoms. The largest absolute Gasteiger partial charge is 0.493 e. The van der Waals surface area contributed by atoms with E-state index in [0.29, 0.717) is 23.7 Å². The van der Waals surface area contributed by atoms with Gasteiger partial charge < -0.3 is 9.84 Å². The van der Waals surface area contributed by atoms with E-state index in [1.165, 1.54) is 11.8 Å². The SMILES string of the molecule is CC(C)(SCCOc1ccc(C#N)cc1)C(=O)O. The molecule has 1 N–H and O–H groups in total. The average molecular weight is 265 g/mol. The van der Waals surface area contributed by atoms with E-state index in [1.54, 1.807) is 38.1 Å². The van der Waals surface area contributed by atoms with Crippen LogP contribution in [0.15, 0.2) is 24.3 Å². The molecule has 0 atom stereocenters. The van der Waals surface area contributed by atoms with Crippen LogP contribution in [0.3, 0.4) is 0 Å². The minimum atomic E-state index is -0.828. The van der Waals surface area contributed by atoms with Gasteiger partial charge in [-0.1, -0.05) is 0 Å². The fourth-order valence-corrected chi connectivity index (χ4v) is 1.94. The van der Waals surface area contributed by atoms with Crippen LogP contribution in [-0.4, -0.2) is 28.2 Å². The Morgan fingerprint density at radius 3 is 2.56 bits per heavy atom. The van der Waals surface area contributed by atoms with Gasteiger partial charge in [-0.3, -0.25) is 4.79 Å². The van der Waals surface area contributed by atoms with Crippen molar-refractivity contribution < 1.29 is 14.6 Å². The van der Waals surface area contributed by atoms with Crippen molar-refractivity contribution in [2.45, 2.75) is 18.6 Å². The van der Waals surface area contributed by atoms with Crippen LogP contribution in [0, 0.1) is 11.3 Å². The van der Waals surface area contributed by atoms with Crippen LogP contribution >= 0.6 is 11.8 Å². The first-order valence-corrected chi connectivity index (χ1v) is 6.44. The van der Waals surface area contributed by atoms with Gasteiger partial charge in [0.15, 0.2) is 0 Å². The summed E-state index contributed by atoms with van der Waals surface area (Å²) >= 11 is 1.34. The molecule has 1 rings (SSSR count). The molecule has 0 unspecified atom stereocenters. The number of thioether (sulfide) groups is 1. The van der Waals surface area contributed by atoms with Crippen LogP contribution < -0.4 is 4.74 Å². The summed E-state index contributed by atoms with van der Waals surface area (Å²) in [5.41, 5.74) is 0.587. The fourth-order valence-electron chi connectivity index (χ4n) is 1.14. The van der Waals surface area contributed by atoms with Gasteiger partial charge in [0.05, 0.1) is 18.2 Å². The van der Waals surface area contributed by atoms with E-state index in [0.717, 1.165) is 0 Å². The van der Waals surface area contributed by atoms with E-state index < -0.39 is 10.7 Å². The maximum Gasteiger partial charge on any atom is 0.319 e. The zero-order valence-corrected chi connectivity index (χ0v) is 11.2. The van der Waals surface area contributed by atoms with Crippen LogP contribution in [0.1, 0.15) is 19.4 Å². The van der Waals surface area contributed by atoms with Gasteiger partial charge in [0.2, 0.25) is 0 Å². The van der Waals surface area contributed by atoms with Crippen LogP contribution in [0.4, 0.5) is 0 Å². The van der Waals surface area contributed by atoms with Gasteiger partial charge in [0, 0.05) is 5.75 Å². The third kappa shape index (κ3) is 4.30. The second-order valence-corrected chi connectivity index (χ2v) is 5.87. The van der Waals surface area contributed by atoms with Crippen LogP contribution in [0.5, 0.6) is 5.75 Å². The molecule has 0 radical (unpaired) electrons. The number of carboxylic acid groups (broad SMARTS) is 1. The quantitative estimate of drug-likeness (QED) is 0.800. The Hall–Kier alpha value is -1.67. The topological polar surface area (TPSA) is 70.3 Å². The van der Waals surface area contributed by atoms with Gasteiger partial charge in [-0.2, -0.15) is 5.26 Å². The van der Waals surface area contributed by atoms with Crippen molar-refractivity contribution in [1.29, 1.82) is 5.26 Å². The van der Waals surface area contributed by atoms with Gasteiger partial charge in [0.1, 0.15) is 10.5 Å². The molecule has 0 fully saturated rings. The van der Waals surface area contributed by atoms with Crippen molar-refractivity contribution in [3.63, 3.8) is 0 Å². The Balaban J connectivity index is 2.34. The Bertz CT molecular complexity index is 448. The minimum Gasteiger partial charge on any atom is -0.493 e. The van der Waals surface area contributed by atoms with Crippen LogP contribution in [0.25, 0.3) is 0 Å². The van der Waals surface area contributed by atoms with Gasteiger partial charge in [-0.15, -0.1) is 11.8 Å². The monoisotopic (exact) mass is 265 g/mol. The lowest BCUT2D eigenvalue weighted by atomic mass is 10.2. The molecule has 0 amide bonds. The van der Waals surface area contributed by atoms with E-state index in [9.17, 15) is 4.79 Å². The molecule has 0 saturated heterocycles. The molecule has 0 spiro atoms. The molecule has 0 aliphatic carbocycles. The predicted octanol–water partition coefficient (Wildman–Crippen LogP) is 2.53. The smallest absolute Gasteiger partial charge is 0.319 e. The minimum absolute atomic E-state index is 0.438. The normalized spacial score (nSPS) is 10.7. The van der Waals surface area contributed by atoms with Gasteiger partial charge in [-0.25, -0.2) is 0 Å². The van der Waals surface area contributed by atoms with Crippen molar-refractivity contribution >= 4 is 17.7 Å². The summed E-state index contributed by atoms with van der Waals surface area (Å²) in [7, 11) is 0. The highest BCUT2D eigenvalue weighted by molar-refractivity contribution is 8.01. The molecule has 0 aliphatic rings. The highest BCUT2D eigenvalue weighted by Gasteiger charge is 2.27. The number of carbonyl (C=O) groups is 1. The molecular formula is C13H15NO3S. The maximum atomic E-state index is 10.9. The van der Waals surface area contributed by atoms with Crippen molar-refractivity contribution in [3.05, 3.63) is 29.8 Å². The van der Waals surface area contributed by atoms with Gasteiger partial charge in [0.25, 0.3) is 0 Å². The first kappa shape index (κ1) is 14.4. The molecule has 0 aliphatic heterocycles. The molecule has 4 nitrogen and oxygen atoms in total. The molecule has 96 valence electrons. The molecule has 0 bridgehead atoms. The number of hydrogen-bond donors (Lipinski definition) is 1. The molecule has 0 heterocycles. The molecule has 0 saturated carbocycles. The number of carboxylic acids is 1. The van der Waals surface area contributed by atoms with Crippen molar-refractivity contribution in [2.75, 3.05) is 12.4 Å². The Morgan fingerprint density at radius 2 is 2.06 bits per heavy atom. The standard InChI is InChI=1S/C13H15NO3S/c1-13(2,12(15)16)18-8-7-17-11-5-3-10(9-14)4-6-11/h3-6H,7-8H2,1-2H3,(H,15,16). The summed E-state index contributed by atoms with van der Waals surface area (Å²) in [6.07, 6.45) is 0. The Morgan fingerprint density at radius 1 is 1.44 bits per heavy atom. The van der Waals surface area contributed by atoms with Gasteiger partial charge >= 0.3 is 5.97 Å². The molecular weight excluding hydrogens is 250 g/mol. The molecule has 1 aromatic rings. The van der Waals surface area contributed by atoms with Gasteiger partial charge in [-0.05, 0) is 38.1 Å². The van der Waals surface area contributed by atoms with E-state index in [1.807, 2.05) is 6.07 Å². The zero-order chi connectivity index (χ0) is 13.6. The van der Waals surface area contributed by atoms with E-state index >= 15 is 0 Å². The highest BCUT2D eigenvalue weighted by Crippen LogP contribution is 2.24. The molecule has 5 heteroatoms. The number of rotatable bonds is 6. The Kier molecular flexibility index (Phi) is 5.05. The lowest BCUT2D eigenvalue weighted by molar-refractivity contribution is -0.138. The number of nitrogens with zero attached hydrogens (tertiary/aromatic N) is 1.